The predicted molar refractivity (Wildman–Crippen MR) is 67.7 cm³/mol. The van der Waals surface area contributed by atoms with Crippen molar-refractivity contribution in [3.05, 3.63) is 0 Å². The van der Waals surface area contributed by atoms with Crippen LogP contribution in [-0.2, 0) is 9.59 Å². The summed E-state index contributed by atoms with van der Waals surface area (Å²) in [5.74, 6) is -1.48. The number of nitrogens with one attached hydrogen (secondary N) is 2. The zero-order chi connectivity index (χ0) is 14.6. The molecule has 2 atom stereocenters. The maximum absolute atomic E-state index is 11.9. The third kappa shape index (κ3) is 4.09. The smallest absolute Gasteiger partial charge is 0.328 e. The minimum atomic E-state index is -1.13. The Balaban J connectivity index is 2.61. The summed E-state index contributed by atoms with van der Waals surface area (Å²) >= 11 is 0. The van der Waals surface area contributed by atoms with Crippen LogP contribution in [0.2, 0.25) is 0 Å². The third-order valence-electron chi connectivity index (χ3n) is 3.16. The highest BCUT2D eigenvalue weighted by Gasteiger charge is 2.35. The Morgan fingerprint density at radius 1 is 1.58 bits per heavy atom. The van der Waals surface area contributed by atoms with Gasteiger partial charge in [0.2, 0.25) is 5.91 Å². The molecule has 3 N–H and O–H groups in total. The van der Waals surface area contributed by atoms with Gasteiger partial charge in [0.25, 0.3) is 0 Å². The van der Waals surface area contributed by atoms with E-state index in [4.69, 9.17) is 5.11 Å². The molecule has 1 fully saturated rings. The molecule has 1 heterocycles. The number of urea groups is 1. The largest absolute Gasteiger partial charge is 0.480 e. The number of hydrogen-bond acceptors (Lipinski definition) is 4. The Labute approximate surface area is 111 Å². The van der Waals surface area contributed by atoms with E-state index in [1.165, 1.54) is 0 Å². The molecular formula is C11H20N4O4. The topological polar surface area (TPSA) is 102 Å². The van der Waals surface area contributed by atoms with Crippen LogP contribution < -0.4 is 10.6 Å². The number of piperazine rings is 1. The van der Waals surface area contributed by atoms with Crippen molar-refractivity contribution in [2.75, 3.05) is 33.7 Å². The summed E-state index contributed by atoms with van der Waals surface area (Å²) in [7, 11) is 3.76. The molecule has 108 valence electrons. The molecule has 0 radical (unpaired) electrons. The van der Waals surface area contributed by atoms with E-state index in [9.17, 15) is 14.4 Å². The molecule has 0 aromatic heterocycles. The summed E-state index contributed by atoms with van der Waals surface area (Å²) in [6, 6.07) is -1.44. The summed E-state index contributed by atoms with van der Waals surface area (Å²) in [5, 5.41) is 14.1. The van der Waals surface area contributed by atoms with Gasteiger partial charge in [-0.05, 0) is 21.0 Å². The molecule has 0 aliphatic carbocycles. The second-order valence-electron chi connectivity index (χ2n) is 4.78. The highest BCUT2D eigenvalue weighted by Crippen LogP contribution is 2.05. The number of amides is 3. The highest BCUT2D eigenvalue weighted by molar-refractivity contribution is 5.90. The fourth-order valence-corrected chi connectivity index (χ4v) is 1.59. The van der Waals surface area contributed by atoms with Crippen molar-refractivity contribution < 1.29 is 19.5 Å². The van der Waals surface area contributed by atoms with Crippen molar-refractivity contribution in [1.29, 1.82) is 0 Å². The first kappa shape index (κ1) is 15.2. The molecule has 1 aliphatic rings. The normalized spacial score (nSPS) is 20.9. The van der Waals surface area contributed by atoms with Gasteiger partial charge in [0.1, 0.15) is 12.6 Å². The van der Waals surface area contributed by atoms with Crippen molar-refractivity contribution in [2.24, 2.45) is 0 Å². The number of carboxylic acids is 1. The van der Waals surface area contributed by atoms with Crippen LogP contribution in [0.15, 0.2) is 0 Å². The maximum Gasteiger partial charge on any atom is 0.328 e. The van der Waals surface area contributed by atoms with Gasteiger partial charge in [-0.25, -0.2) is 9.59 Å². The summed E-state index contributed by atoms with van der Waals surface area (Å²) in [6.07, 6.45) is 0. The van der Waals surface area contributed by atoms with Gasteiger partial charge in [-0.3, -0.25) is 9.69 Å². The molecule has 8 nitrogen and oxygen atoms in total. The van der Waals surface area contributed by atoms with Crippen LogP contribution in [0, 0.1) is 0 Å². The molecule has 1 rings (SSSR count). The quantitative estimate of drug-likeness (QED) is 0.580. The Kier molecular flexibility index (Phi) is 5.11. The lowest BCUT2D eigenvalue weighted by Crippen LogP contribution is -2.61. The van der Waals surface area contributed by atoms with E-state index in [-0.39, 0.29) is 25.0 Å². The minimum absolute atomic E-state index is 0.0647. The van der Waals surface area contributed by atoms with Crippen molar-refractivity contribution in [3.63, 3.8) is 0 Å². The number of nitrogens with zero attached hydrogens (tertiary/aromatic N) is 2. The SMILES string of the molecule is CC(CNC(=O)N1CC(=O)NCC1C(=O)O)N(C)C. The van der Waals surface area contributed by atoms with Gasteiger partial charge in [0.15, 0.2) is 0 Å². The molecule has 8 heteroatoms. The van der Waals surface area contributed by atoms with Crippen molar-refractivity contribution in [2.45, 2.75) is 19.0 Å². The first-order valence-corrected chi connectivity index (χ1v) is 6.03. The van der Waals surface area contributed by atoms with Crippen LogP contribution in [0.25, 0.3) is 0 Å². The summed E-state index contributed by atoms with van der Waals surface area (Å²) < 4.78 is 0. The lowest BCUT2D eigenvalue weighted by atomic mass is 10.2. The van der Waals surface area contributed by atoms with Gasteiger partial charge in [-0.2, -0.15) is 0 Å². The molecule has 2 unspecified atom stereocenters. The molecular weight excluding hydrogens is 252 g/mol. The molecule has 0 spiro atoms. The van der Waals surface area contributed by atoms with Gasteiger partial charge in [0.05, 0.1) is 0 Å². The molecule has 0 aromatic carbocycles. The second-order valence-corrected chi connectivity index (χ2v) is 4.78. The number of carboxylic acid groups (broad SMARTS) is 1. The Morgan fingerprint density at radius 2 is 2.21 bits per heavy atom. The number of aliphatic carboxylic acids is 1. The van der Waals surface area contributed by atoms with Crippen LogP contribution in [0.1, 0.15) is 6.92 Å². The van der Waals surface area contributed by atoms with Crippen molar-refractivity contribution >= 4 is 17.9 Å². The first-order valence-electron chi connectivity index (χ1n) is 6.03. The van der Waals surface area contributed by atoms with E-state index in [2.05, 4.69) is 10.6 Å². The fraction of sp³-hybridized carbons (Fsp3) is 0.727. The Morgan fingerprint density at radius 3 is 2.74 bits per heavy atom. The van der Waals surface area contributed by atoms with Crippen LogP contribution in [-0.4, -0.2) is 78.6 Å². The van der Waals surface area contributed by atoms with Crippen molar-refractivity contribution in [3.8, 4) is 0 Å². The third-order valence-corrected chi connectivity index (χ3v) is 3.16. The summed E-state index contributed by atoms with van der Waals surface area (Å²) in [4.78, 5) is 37.2. The highest BCUT2D eigenvalue weighted by atomic mass is 16.4. The van der Waals surface area contributed by atoms with E-state index < -0.39 is 18.0 Å². The van der Waals surface area contributed by atoms with E-state index in [0.29, 0.717) is 6.54 Å². The van der Waals surface area contributed by atoms with Crippen LogP contribution in [0.3, 0.4) is 0 Å². The fourth-order valence-electron chi connectivity index (χ4n) is 1.59. The average Bonchev–Trinajstić information content (AvgIpc) is 2.34. The lowest BCUT2D eigenvalue weighted by Gasteiger charge is -2.33. The Hall–Kier alpha value is -1.83. The van der Waals surface area contributed by atoms with E-state index >= 15 is 0 Å². The molecule has 19 heavy (non-hydrogen) atoms. The van der Waals surface area contributed by atoms with E-state index in [1.54, 1.807) is 0 Å². The van der Waals surface area contributed by atoms with Crippen LogP contribution >= 0.6 is 0 Å². The molecule has 0 bridgehead atoms. The van der Waals surface area contributed by atoms with Gasteiger partial charge in [0, 0.05) is 19.1 Å². The zero-order valence-electron chi connectivity index (χ0n) is 11.3. The molecule has 1 saturated heterocycles. The van der Waals surface area contributed by atoms with Gasteiger partial charge in [-0.1, -0.05) is 0 Å². The van der Waals surface area contributed by atoms with Gasteiger partial charge >= 0.3 is 12.0 Å². The van der Waals surface area contributed by atoms with Gasteiger partial charge in [-0.15, -0.1) is 0 Å². The Bertz CT molecular complexity index is 372. The minimum Gasteiger partial charge on any atom is -0.480 e. The van der Waals surface area contributed by atoms with Crippen LogP contribution in [0.5, 0.6) is 0 Å². The number of hydrogen-bond donors (Lipinski definition) is 3. The van der Waals surface area contributed by atoms with E-state index in [1.807, 2.05) is 25.9 Å². The number of likely N-dealkylation sites (N-methyl/N-ethyl adjacent to an activating group) is 1. The average molecular weight is 272 g/mol. The lowest BCUT2D eigenvalue weighted by molar-refractivity contribution is -0.144. The molecule has 1 aliphatic heterocycles. The molecule has 3 amide bonds. The number of rotatable bonds is 4. The van der Waals surface area contributed by atoms with E-state index in [0.717, 1.165) is 4.90 Å². The standard InChI is InChI=1S/C11H20N4O4/c1-7(14(2)3)4-13-11(19)15-6-9(16)12-5-8(15)10(17)18/h7-8H,4-6H2,1-3H3,(H,12,16)(H,13,19)(H,17,18). The predicted octanol–water partition coefficient (Wildman–Crippen LogP) is -1.47. The first-order chi connectivity index (χ1) is 8.82. The second kappa shape index (κ2) is 6.37. The monoisotopic (exact) mass is 272 g/mol. The maximum atomic E-state index is 11.9. The summed E-state index contributed by atoms with van der Waals surface area (Å²) in [5.41, 5.74) is 0. The molecule has 0 saturated carbocycles. The van der Waals surface area contributed by atoms with Crippen molar-refractivity contribution in [1.82, 2.24) is 20.4 Å². The van der Waals surface area contributed by atoms with Gasteiger partial charge < -0.3 is 20.6 Å². The zero-order valence-corrected chi connectivity index (χ0v) is 11.3. The number of carbonyl (C=O) groups excluding carboxylic acids is 2. The van der Waals surface area contributed by atoms with Crippen LogP contribution in [0.4, 0.5) is 4.79 Å². The molecule has 0 aromatic rings. The number of carbonyl (C=O) groups is 3. The summed E-state index contributed by atoms with van der Waals surface area (Å²) in [6.45, 7) is 2.01.